The molecule has 73 heavy (non-hydrogen) atoms. The van der Waals surface area contributed by atoms with Crippen molar-refractivity contribution in [3.8, 4) is 0 Å². The van der Waals surface area contributed by atoms with Crippen LogP contribution in [0.3, 0.4) is 0 Å². The van der Waals surface area contributed by atoms with E-state index in [0.717, 1.165) is 122 Å². The number of rotatable bonds is 55. The molecule has 0 N–H and O–H groups in total. The summed E-state index contributed by atoms with van der Waals surface area (Å²) in [7, 11) is 0. The molecule has 0 heterocycles. The summed E-state index contributed by atoms with van der Waals surface area (Å²) in [5.74, 6) is -0.944. The van der Waals surface area contributed by atoms with Crippen molar-refractivity contribution in [2.75, 3.05) is 13.2 Å². The lowest BCUT2D eigenvalue weighted by Gasteiger charge is -2.18. The molecule has 0 aromatic rings. The van der Waals surface area contributed by atoms with Gasteiger partial charge in [-0.3, -0.25) is 14.4 Å². The van der Waals surface area contributed by atoms with Gasteiger partial charge in [0.1, 0.15) is 13.2 Å². The Morgan fingerprint density at radius 2 is 0.534 bits per heavy atom. The highest BCUT2D eigenvalue weighted by atomic mass is 16.6. The van der Waals surface area contributed by atoms with E-state index in [1.165, 1.54) is 128 Å². The van der Waals surface area contributed by atoms with E-state index >= 15 is 0 Å². The minimum absolute atomic E-state index is 0.0963. The van der Waals surface area contributed by atoms with Crippen molar-refractivity contribution in [1.29, 1.82) is 0 Å². The first-order valence-corrected chi connectivity index (χ1v) is 30.7. The summed E-state index contributed by atoms with van der Waals surface area (Å²) in [5.41, 5.74) is 0. The lowest BCUT2D eigenvalue weighted by atomic mass is 10.0. The second kappa shape index (κ2) is 60.9. The Bertz CT molecular complexity index is 1440. The smallest absolute Gasteiger partial charge is 0.306 e. The van der Waals surface area contributed by atoms with E-state index in [9.17, 15) is 14.4 Å². The third-order valence-electron chi connectivity index (χ3n) is 13.1. The SMILES string of the molecule is CC/C=C\C/C=C\C/C=C\C/C=C\CCCCCCC(=O)O[C@H](COC(=O)CCCCC/C=C\C/C=C\C/C=C\C/C=C\CCCCC)COC(=O)CCCCCCCCCCCCCCCCCCCCC. The van der Waals surface area contributed by atoms with E-state index < -0.39 is 6.10 Å². The van der Waals surface area contributed by atoms with Gasteiger partial charge < -0.3 is 14.2 Å². The topological polar surface area (TPSA) is 78.9 Å². The van der Waals surface area contributed by atoms with Gasteiger partial charge in [-0.05, 0) is 103 Å². The van der Waals surface area contributed by atoms with E-state index in [-0.39, 0.29) is 31.1 Å². The zero-order valence-corrected chi connectivity index (χ0v) is 47.9. The predicted molar refractivity (Wildman–Crippen MR) is 316 cm³/mol. The van der Waals surface area contributed by atoms with Gasteiger partial charge in [0.25, 0.3) is 0 Å². The van der Waals surface area contributed by atoms with E-state index in [1.54, 1.807) is 0 Å². The molecule has 1 atom stereocenters. The molecule has 0 fully saturated rings. The second-order valence-corrected chi connectivity index (χ2v) is 20.2. The van der Waals surface area contributed by atoms with Gasteiger partial charge in [-0.1, -0.05) is 266 Å². The van der Waals surface area contributed by atoms with Gasteiger partial charge in [0, 0.05) is 19.3 Å². The lowest BCUT2D eigenvalue weighted by molar-refractivity contribution is -0.167. The van der Waals surface area contributed by atoms with Gasteiger partial charge >= 0.3 is 17.9 Å². The van der Waals surface area contributed by atoms with Gasteiger partial charge in [0.2, 0.25) is 0 Å². The Morgan fingerprint density at radius 3 is 0.877 bits per heavy atom. The minimum atomic E-state index is -0.805. The molecule has 418 valence electrons. The Hall–Kier alpha value is -3.67. The number of allylic oxidation sites excluding steroid dienone is 16. The Labute approximate surface area is 451 Å². The fourth-order valence-electron chi connectivity index (χ4n) is 8.48. The maximum absolute atomic E-state index is 12.9. The monoisotopic (exact) mass is 1010 g/mol. The second-order valence-electron chi connectivity index (χ2n) is 20.2. The normalized spacial score (nSPS) is 12.8. The summed E-state index contributed by atoms with van der Waals surface area (Å²) in [6, 6.07) is 0. The number of unbranched alkanes of at least 4 members (excludes halogenated alkanes) is 28. The quantitative estimate of drug-likeness (QED) is 0.0261. The Balaban J connectivity index is 4.46. The van der Waals surface area contributed by atoms with E-state index in [1.807, 2.05) is 0 Å². The van der Waals surface area contributed by atoms with Crippen molar-refractivity contribution in [2.24, 2.45) is 0 Å². The standard InChI is InChI=1S/C67H114O6/c1-4-7-10-13-16-19-22-25-28-31-33-36-38-41-44-47-50-53-56-59-65(68)71-62-64(73-67(70)61-58-55-52-49-46-43-40-35-30-27-24-21-18-15-12-9-6-3)63-72-66(69)60-57-54-51-48-45-42-39-37-34-32-29-26-23-20-17-14-11-8-5-2/h9,12,16,18-19,21,25,27-28,30,33,36,40-41,43-44,64H,4-8,10-11,13-15,17,20,22-24,26,29,31-32,34-35,37-39,42,45-63H2,1-3H3/b12-9-,19-16-,21-18-,28-25-,30-27-,36-33-,43-40-,44-41-/t64-/m1/s1. The maximum atomic E-state index is 12.9. The van der Waals surface area contributed by atoms with Crippen LogP contribution in [0.25, 0.3) is 0 Å². The summed E-state index contributed by atoms with van der Waals surface area (Å²) in [5, 5.41) is 0. The summed E-state index contributed by atoms with van der Waals surface area (Å²) in [6.45, 7) is 6.48. The van der Waals surface area contributed by atoms with Crippen LogP contribution in [0.1, 0.15) is 290 Å². The Kier molecular flexibility index (Phi) is 57.8. The molecule has 6 nitrogen and oxygen atoms in total. The van der Waals surface area contributed by atoms with Crippen LogP contribution in [0.4, 0.5) is 0 Å². The maximum Gasteiger partial charge on any atom is 0.306 e. The largest absolute Gasteiger partial charge is 0.462 e. The molecule has 0 unspecified atom stereocenters. The molecular weight excluding hydrogens is 901 g/mol. The first kappa shape index (κ1) is 69.3. The van der Waals surface area contributed by atoms with Gasteiger partial charge in [0.05, 0.1) is 0 Å². The number of carbonyl (C=O) groups excluding carboxylic acids is 3. The molecule has 0 aromatic carbocycles. The van der Waals surface area contributed by atoms with Crippen LogP contribution in [0.5, 0.6) is 0 Å². The minimum Gasteiger partial charge on any atom is -0.462 e. The molecule has 0 aliphatic carbocycles. The van der Waals surface area contributed by atoms with Crippen molar-refractivity contribution in [3.63, 3.8) is 0 Å². The molecule has 0 aromatic heterocycles. The van der Waals surface area contributed by atoms with E-state index in [2.05, 4.69) is 118 Å². The molecule has 0 amide bonds. The molecule has 0 aliphatic heterocycles. The zero-order chi connectivity index (χ0) is 52.9. The molecule has 0 spiro atoms. The molecule has 0 aliphatic rings. The zero-order valence-electron chi connectivity index (χ0n) is 47.9. The fraction of sp³-hybridized carbons (Fsp3) is 0.716. The molecule has 0 radical (unpaired) electrons. The van der Waals surface area contributed by atoms with Crippen molar-refractivity contribution in [1.82, 2.24) is 0 Å². The molecule has 0 saturated carbocycles. The van der Waals surface area contributed by atoms with Crippen LogP contribution < -0.4 is 0 Å². The van der Waals surface area contributed by atoms with Crippen LogP contribution >= 0.6 is 0 Å². The first-order valence-electron chi connectivity index (χ1n) is 30.7. The highest BCUT2D eigenvalue weighted by Gasteiger charge is 2.19. The Morgan fingerprint density at radius 1 is 0.288 bits per heavy atom. The number of ether oxygens (including phenoxy) is 3. The molecule has 0 bridgehead atoms. The molecule has 0 saturated heterocycles. The predicted octanol–water partition coefficient (Wildman–Crippen LogP) is 20.9. The third kappa shape index (κ3) is 59.1. The lowest BCUT2D eigenvalue weighted by Crippen LogP contribution is -2.30. The van der Waals surface area contributed by atoms with Gasteiger partial charge in [-0.25, -0.2) is 0 Å². The molecular formula is C67H114O6. The average molecular weight is 1020 g/mol. The summed E-state index contributed by atoms with van der Waals surface area (Å²) < 4.78 is 16.9. The third-order valence-corrected chi connectivity index (χ3v) is 13.1. The van der Waals surface area contributed by atoms with Gasteiger partial charge in [-0.2, -0.15) is 0 Å². The highest BCUT2D eigenvalue weighted by Crippen LogP contribution is 2.16. The van der Waals surface area contributed by atoms with Crippen molar-refractivity contribution >= 4 is 17.9 Å². The number of hydrogen-bond donors (Lipinski definition) is 0. The molecule has 0 rings (SSSR count). The summed E-state index contributed by atoms with van der Waals surface area (Å²) in [4.78, 5) is 38.3. The van der Waals surface area contributed by atoms with Gasteiger partial charge in [0.15, 0.2) is 6.10 Å². The van der Waals surface area contributed by atoms with Crippen molar-refractivity contribution in [3.05, 3.63) is 97.2 Å². The summed E-state index contributed by atoms with van der Waals surface area (Å²) in [6.07, 6.45) is 81.2. The van der Waals surface area contributed by atoms with Crippen molar-refractivity contribution in [2.45, 2.75) is 297 Å². The van der Waals surface area contributed by atoms with E-state index in [0.29, 0.717) is 19.3 Å². The molecule has 6 heteroatoms. The van der Waals surface area contributed by atoms with Crippen LogP contribution in [-0.4, -0.2) is 37.2 Å². The number of hydrogen-bond acceptors (Lipinski definition) is 6. The average Bonchev–Trinajstić information content (AvgIpc) is 3.39. The highest BCUT2D eigenvalue weighted by molar-refractivity contribution is 5.71. The number of esters is 3. The van der Waals surface area contributed by atoms with E-state index in [4.69, 9.17) is 14.2 Å². The first-order chi connectivity index (χ1) is 36.0. The van der Waals surface area contributed by atoms with Gasteiger partial charge in [-0.15, -0.1) is 0 Å². The number of carbonyl (C=O) groups is 3. The fourth-order valence-corrected chi connectivity index (χ4v) is 8.48. The van der Waals surface area contributed by atoms with Crippen LogP contribution in [0, 0.1) is 0 Å². The van der Waals surface area contributed by atoms with Crippen LogP contribution in [-0.2, 0) is 28.6 Å². The van der Waals surface area contributed by atoms with Crippen LogP contribution in [0.15, 0.2) is 97.2 Å². The van der Waals surface area contributed by atoms with Crippen LogP contribution in [0.2, 0.25) is 0 Å². The summed E-state index contributed by atoms with van der Waals surface area (Å²) >= 11 is 0. The van der Waals surface area contributed by atoms with Crippen molar-refractivity contribution < 1.29 is 28.6 Å².